The zero-order chi connectivity index (χ0) is 17.8. The second-order valence-electron chi connectivity index (χ2n) is 6.03. The molecule has 0 bridgehead atoms. The third-order valence-electron chi connectivity index (χ3n) is 4.12. The molecule has 2 aromatic rings. The van der Waals surface area contributed by atoms with Crippen LogP contribution < -0.4 is 20.9 Å². The Balaban J connectivity index is 1.88. The standard InChI is InChI=1S/C19H21ClN4O/c1-22-19-17(24(21)12-13-3-4-13)8-7-15(18(19)20)6-5-14-9-16(25-2)11-23-10-14/h7-11,13,22H,3-4,12,21H2,1-2H3. The molecule has 3 N–H and O–H groups in total. The van der Waals surface area contributed by atoms with Gasteiger partial charge in [0, 0.05) is 30.9 Å². The maximum absolute atomic E-state index is 6.55. The topological polar surface area (TPSA) is 63.4 Å². The largest absolute Gasteiger partial charge is 0.495 e. The minimum Gasteiger partial charge on any atom is -0.495 e. The Labute approximate surface area is 153 Å². The highest BCUT2D eigenvalue weighted by Gasteiger charge is 2.24. The average Bonchev–Trinajstić information content (AvgIpc) is 3.44. The molecule has 0 radical (unpaired) electrons. The molecule has 5 nitrogen and oxygen atoms in total. The Hall–Kier alpha value is -2.42. The van der Waals surface area contributed by atoms with Crippen molar-refractivity contribution in [2.24, 2.45) is 11.8 Å². The lowest BCUT2D eigenvalue weighted by Crippen LogP contribution is -2.33. The van der Waals surface area contributed by atoms with Gasteiger partial charge in [0.05, 0.1) is 29.7 Å². The van der Waals surface area contributed by atoms with E-state index in [9.17, 15) is 0 Å². The lowest BCUT2D eigenvalue weighted by molar-refractivity contribution is 0.413. The van der Waals surface area contributed by atoms with Crippen LogP contribution in [0.2, 0.25) is 5.02 Å². The number of nitrogens with one attached hydrogen (secondary N) is 1. The molecule has 1 fully saturated rings. The van der Waals surface area contributed by atoms with Crippen molar-refractivity contribution in [1.29, 1.82) is 0 Å². The van der Waals surface area contributed by atoms with Gasteiger partial charge in [-0.05, 0) is 37.0 Å². The summed E-state index contributed by atoms with van der Waals surface area (Å²) in [5, 5.41) is 5.47. The van der Waals surface area contributed by atoms with Crippen LogP contribution in [0.15, 0.2) is 30.6 Å². The van der Waals surface area contributed by atoms with Crippen molar-refractivity contribution in [3.05, 3.63) is 46.7 Å². The van der Waals surface area contributed by atoms with Gasteiger partial charge in [-0.25, -0.2) is 5.84 Å². The fourth-order valence-corrected chi connectivity index (χ4v) is 2.86. The number of hydrogen-bond acceptors (Lipinski definition) is 5. The van der Waals surface area contributed by atoms with Crippen molar-refractivity contribution in [2.45, 2.75) is 12.8 Å². The summed E-state index contributed by atoms with van der Waals surface area (Å²) in [5.41, 5.74) is 3.17. The van der Waals surface area contributed by atoms with E-state index in [-0.39, 0.29) is 0 Å². The summed E-state index contributed by atoms with van der Waals surface area (Å²) in [6.07, 6.45) is 5.82. The van der Waals surface area contributed by atoms with Crippen molar-refractivity contribution in [2.75, 3.05) is 31.0 Å². The highest BCUT2D eigenvalue weighted by atomic mass is 35.5. The van der Waals surface area contributed by atoms with Crippen LogP contribution in [0.3, 0.4) is 0 Å². The van der Waals surface area contributed by atoms with E-state index < -0.39 is 0 Å². The number of anilines is 2. The molecule has 1 aliphatic carbocycles. The predicted octanol–water partition coefficient (Wildman–Crippen LogP) is 3.28. The maximum atomic E-state index is 6.55. The zero-order valence-electron chi connectivity index (χ0n) is 14.3. The van der Waals surface area contributed by atoms with Crippen LogP contribution in [-0.2, 0) is 0 Å². The Morgan fingerprint density at radius 3 is 2.84 bits per heavy atom. The first-order valence-electron chi connectivity index (χ1n) is 8.16. The number of pyridine rings is 1. The summed E-state index contributed by atoms with van der Waals surface area (Å²) in [4.78, 5) is 4.10. The molecule has 1 heterocycles. The molecule has 1 saturated carbocycles. The summed E-state index contributed by atoms with van der Waals surface area (Å²) in [7, 11) is 3.43. The number of rotatable bonds is 5. The second kappa shape index (κ2) is 7.64. The molecule has 0 amide bonds. The Kier molecular flexibility index (Phi) is 5.32. The third kappa shape index (κ3) is 4.16. The quantitative estimate of drug-likeness (QED) is 0.489. The lowest BCUT2D eigenvalue weighted by Gasteiger charge is -2.22. The van der Waals surface area contributed by atoms with Gasteiger partial charge in [0.1, 0.15) is 5.75 Å². The van der Waals surface area contributed by atoms with E-state index in [1.165, 1.54) is 12.8 Å². The predicted molar refractivity (Wildman–Crippen MR) is 102 cm³/mol. The smallest absolute Gasteiger partial charge is 0.138 e. The molecule has 1 aliphatic rings. The summed E-state index contributed by atoms with van der Waals surface area (Å²) >= 11 is 6.55. The molecule has 0 spiro atoms. The van der Waals surface area contributed by atoms with E-state index in [4.69, 9.17) is 22.2 Å². The van der Waals surface area contributed by atoms with Gasteiger partial charge in [-0.15, -0.1) is 0 Å². The number of ether oxygens (including phenoxy) is 1. The van der Waals surface area contributed by atoms with Gasteiger partial charge in [-0.1, -0.05) is 23.4 Å². The van der Waals surface area contributed by atoms with Crippen molar-refractivity contribution in [3.63, 3.8) is 0 Å². The van der Waals surface area contributed by atoms with Crippen molar-refractivity contribution in [1.82, 2.24) is 4.98 Å². The molecule has 6 heteroatoms. The van der Waals surface area contributed by atoms with Crippen LogP contribution in [0.1, 0.15) is 24.0 Å². The average molecular weight is 357 g/mol. The van der Waals surface area contributed by atoms with Crippen LogP contribution >= 0.6 is 11.6 Å². The Morgan fingerprint density at radius 2 is 2.16 bits per heavy atom. The fourth-order valence-electron chi connectivity index (χ4n) is 2.55. The minimum absolute atomic E-state index is 0.564. The number of hydrogen-bond donors (Lipinski definition) is 2. The number of halogens is 1. The number of nitrogens with two attached hydrogens (primary N) is 1. The van der Waals surface area contributed by atoms with Gasteiger partial charge in [-0.2, -0.15) is 0 Å². The normalized spacial score (nSPS) is 13.0. The van der Waals surface area contributed by atoms with Crippen LogP contribution in [0.4, 0.5) is 11.4 Å². The lowest BCUT2D eigenvalue weighted by atomic mass is 10.1. The van der Waals surface area contributed by atoms with Gasteiger partial charge in [0.2, 0.25) is 0 Å². The molecule has 130 valence electrons. The molecular formula is C19H21ClN4O. The summed E-state index contributed by atoms with van der Waals surface area (Å²) < 4.78 is 5.16. The second-order valence-corrected chi connectivity index (χ2v) is 6.41. The van der Waals surface area contributed by atoms with Crippen LogP contribution in [0.25, 0.3) is 0 Å². The van der Waals surface area contributed by atoms with Crippen LogP contribution in [0.5, 0.6) is 5.75 Å². The highest BCUT2D eigenvalue weighted by molar-refractivity contribution is 6.35. The monoisotopic (exact) mass is 356 g/mol. The molecule has 3 rings (SSSR count). The Morgan fingerprint density at radius 1 is 1.36 bits per heavy atom. The molecule has 0 atom stereocenters. The zero-order valence-corrected chi connectivity index (χ0v) is 15.1. The first-order chi connectivity index (χ1) is 12.1. The third-order valence-corrected chi connectivity index (χ3v) is 4.51. The van der Waals surface area contributed by atoms with E-state index in [1.807, 2.05) is 25.2 Å². The van der Waals surface area contributed by atoms with Crippen LogP contribution in [0, 0.1) is 17.8 Å². The molecule has 1 aromatic carbocycles. The molecule has 0 unspecified atom stereocenters. The van der Waals surface area contributed by atoms with E-state index in [0.29, 0.717) is 16.7 Å². The van der Waals surface area contributed by atoms with Crippen molar-refractivity contribution >= 4 is 23.0 Å². The van der Waals surface area contributed by atoms with Gasteiger partial charge < -0.3 is 15.1 Å². The van der Waals surface area contributed by atoms with Crippen LogP contribution in [-0.4, -0.2) is 25.7 Å². The highest BCUT2D eigenvalue weighted by Crippen LogP contribution is 2.37. The van der Waals surface area contributed by atoms with E-state index >= 15 is 0 Å². The van der Waals surface area contributed by atoms with Gasteiger partial charge in [0.25, 0.3) is 0 Å². The van der Waals surface area contributed by atoms with Gasteiger partial charge in [-0.3, -0.25) is 4.98 Å². The molecule has 25 heavy (non-hydrogen) atoms. The number of methoxy groups -OCH3 is 1. The summed E-state index contributed by atoms with van der Waals surface area (Å²) in [6.45, 7) is 0.839. The summed E-state index contributed by atoms with van der Waals surface area (Å²) in [5.74, 6) is 13.7. The first-order valence-corrected chi connectivity index (χ1v) is 8.53. The van der Waals surface area contributed by atoms with Crippen molar-refractivity contribution in [3.8, 4) is 17.6 Å². The number of aromatic nitrogens is 1. The molecule has 0 aliphatic heterocycles. The first kappa shape index (κ1) is 17.4. The van der Waals surface area contributed by atoms with E-state index in [0.717, 1.165) is 29.0 Å². The maximum Gasteiger partial charge on any atom is 0.138 e. The number of nitrogens with zero attached hydrogens (tertiary/aromatic N) is 2. The molecular weight excluding hydrogens is 336 g/mol. The Bertz CT molecular complexity index is 824. The summed E-state index contributed by atoms with van der Waals surface area (Å²) in [6, 6.07) is 5.68. The number of benzene rings is 1. The SMILES string of the molecule is CNc1c(N(N)CC2CC2)ccc(C#Cc2cncc(OC)c2)c1Cl. The number of hydrazine groups is 1. The molecule has 1 aromatic heterocycles. The van der Waals surface area contributed by atoms with Crippen molar-refractivity contribution < 1.29 is 4.74 Å². The van der Waals surface area contributed by atoms with Gasteiger partial charge >= 0.3 is 0 Å². The van der Waals surface area contributed by atoms with E-state index in [1.54, 1.807) is 24.5 Å². The van der Waals surface area contributed by atoms with E-state index in [2.05, 4.69) is 22.1 Å². The van der Waals surface area contributed by atoms with Gasteiger partial charge in [0.15, 0.2) is 0 Å². The molecule has 0 saturated heterocycles. The minimum atomic E-state index is 0.564. The fraction of sp³-hybridized carbons (Fsp3) is 0.316.